The molecule has 0 atom stereocenters. The minimum Gasteiger partial charge on any atom is -0.455 e. The van der Waals surface area contributed by atoms with Gasteiger partial charge in [-0.2, -0.15) is 0 Å². The molecule has 0 aliphatic rings. The van der Waals surface area contributed by atoms with Gasteiger partial charge in [0.15, 0.2) is 0 Å². The summed E-state index contributed by atoms with van der Waals surface area (Å²) in [7, 11) is 0. The van der Waals surface area contributed by atoms with Gasteiger partial charge in [0.25, 0.3) is 0 Å². The fourth-order valence-corrected chi connectivity index (χ4v) is 9.70. The van der Waals surface area contributed by atoms with Crippen LogP contribution >= 0.6 is 11.3 Å². The van der Waals surface area contributed by atoms with Crippen LogP contribution in [-0.2, 0) is 0 Å². The van der Waals surface area contributed by atoms with E-state index in [-0.39, 0.29) is 0 Å². The fraction of sp³-hybridized carbons (Fsp3) is 0. The molecule has 0 amide bonds. The standard InChI is InChI=1S/C54H35NOS/c1-2-17-36(18-3-1)39-21-4-5-22-41(39)42-23-6-7-24-43(42)44-25-8-11-30-48(44)55(49-31-16-34-52-53(49)47-27-10-13-33-51(47)57-52)38-20-14-19-37(35-38)40-28-15-29-46-45-26-9-12-32-50(45)56-54(40)46/h1-35H. The fourth-order valence-electron chi connectivity index (χ4n) is 8.57. The van der Waals surface area contributed by atoms with Crippen molar-refractivity contribution >= 4 is 70.5 Å². The molecule has 9 aromatic carbocycles. The average molecular weight is 746 g/mol. The lowest BCUT2D eigenvalue weighted by Gasteiger charge is -2.29. The van der Waals surface area contributed by atoms with Gasteiger partial charge in [-0.1, -0.05) is 170 Å². The van der Waals surface area contributed by atoms with Gasteiger partial charge in [-0.3, -0.25) is 0 Å². The molecule has 0 aliphatic carbocycles. The Morgan fingerprint density at radius 1 is 0.351 bits per heavy atom. The summed E-state index contributed by atoms with van der Waals surface area (Å²) in [5.41, 5.74) is 14.4. The van der Waals surface area contributed by atoms with Crippen molar-refractivity contribution in [2.45, 2.75) is 0 Å². The molecule has 0 spiro atoms. The molecule has 11 rings (SSSR count). The van der Waals surface area contributed by atoms with Crippen molar-refractivity contribution in [3.8, 4) is 44.5 Å². The monoisotopic (exact) mass is 745 g/mol. The second-order valence-corrected chi connectivity index (χ2v) is 15.5. The number of rotatable bonds is 7. The average Bonchev–Trinajstić information content (AvgIpc) is 3.86. The summed E-state index contributed by atoms with van der Waals surface area (Å²) >= 11 is 1.85. The van der Waals surface area contributed by atoms with Crippen molar-refractivity contribution in [2.24, 2.45) is 0 Å². The third-order valence-electron chi connectivity index (χ3n) is 11.1. The lowest BCUT2D eigenvalue weighted by molar-refractivity contribution is 0.670. The first-order valence-electron chi connectivity index (χ1n) is 19.3. The molecule has 2 heterocycles. The van der Waals surface area contributed by atoms with Crippen LogP contribution in [0.4, 0.5) is 17.1 Å². The van der Waals surface area contributed by atoms with E-state index in [9.17, 15) is 0 Å². The maximum absolute atomic E-state index is 6.56. The minimum atomic E-state index is 0.898. The molecule has 0 bridgehead atoms. The van der Waals surface area contributed by atoms with Crippen molar-refractivity contribution < 1.29 is 4.42 Å². The number of para-hydroxylation sites is 3. The number of fused-ring (bicyclic) bond motifs is 6. The van der Waals surface area contributed by atoms with Gasteiger partial charge in [-0.05, 0) is 75.8 Å². The normalized spacial score (nSPS) is 11.5. The molecule has 0 aliphatic heterocycles. The van der Waals surface area contributed by atoms with E-state index in [1.807, 2.05) is 17.4 Å². The molecule has 57 heavy (non-hydrogen) atoms. The van der Waals surface area contributed by atoms with Gasteiger partial charge in [-0.25, -0.2) is 0 Å². The van der Waals surface area contributed by atoms with Crippen LogP contribution in [0.25, 0.3) is 86.6 Å². The van der Waals surface area contributed by atoms with E-state index in [0.717, 1.165) is 55.7 Å². The van der Waals surface area contributed by atoms with Gasteiger partial charge < -0.3 is 9.32 Å². The summed E-state index contributed by atoms with van der Waals surface area (Å²) in [4.78, 5) is 2.47. The smallest absolute Gasteiger partial charge is 0.143 e. The first kappa shape index (κ1) is 33.2. The van der Waals surface area contributed by atoms with Gasteiger partial charge in [-0.15, -0.1) is 11.3 Å². The second kappa shape index (κ2) is 13.8. The number of anilines is 3. The minimum absolute atomic E-state index is 0.898. The highest BCUT2D eigenvalue weighted by molar-refractivity contribution is 7.26. The summed E-state index contributed by atoms with van der Waals surface area (Å²) in [5, 5.41) is 4.76. The van der Waals surface area contributed by atoms with E-state index in [1.165, 1.54) is 48.0 Å². The zero-order valence-electron chi connectivity index (χ0n) is 31.0. The predicted molar refractivity (Wildman–Crippen MR) is 243 cm³/mol. The Bertz CT molecular complexity index is 3260. The van der Waals surface area contributed by atoms with Crippen molar-refractivity contribution in [3.05, 3.63) is 212 Å². The molecule has 2 nitrogen and oxygen atoms in total. The maximum Gasteiger partial charge on any atom is 0.143 e. The lowest BCUT2D eigenvalue weighted by atomic mass is 9.88. The van der Waals surface area contributed by atoms with Crippen LogP contribution < -0.4 is 4.90 Å². The molecule has 0 saturated carbocycles. The first-order chi connectivity index (χ1) is 28.3. The van der Waals surface area contributed by atoms with E-state index < -0.39 is 0 Å². The molecule has 3 heteroatoms. The number of furan rings is 1. The predicted octanol–water partition coefficient (Wildman–Crippen LogP) is 16.1. The van der Waals surface area contributed by atoms with Crippen LogP contribution in [0.1, 0.15) is 0 Å². The van der Waals surface area contributed by atoms with Crippen LogP contribution in [-0.4, -0.2) is 0 Å². The summed E-state index contributed by atoms with van der Waals surface area (Å²) in [6.07, 6.45) is 0. The highest BCUT2D eigenvalue weighted by Gasteiger charge is 2.23. The van der Waals surface area contributed by atoms with Gasteiger partial charge in [0, 0.05) is 47.8 Å². The zero-order valence-corrected chi connectivity index (χ0v) is 31.8. The maximum atomic E-state index is 6.56. The van der Waals surface area contributed by atoms with Crippen molar-refractivity contribution in [3.63, 3.8) is 0 Å². The quantitative estimate of drug-likeness (QED) is 0.162. The number of thiophene rings is 1. The Balaban J connectivity index is 1.16. The molecule has 11 aromatic rings. The highest BCUT2D eigenvalue weighted by Crippen LogP contribution is 2.49. The molecular weight excluding hydrogens is 711 g/mol. The third-order valence-corrected chi connectivity index (χ3v) is 12.2. The molecule has 0 fully saturated rings. The summed E-state index contributed by atoms with van der Waals surface area (Å²) in [6, 6.07) is 76.4. The van der Waals surface area contributed by atoms with Gasteiger partial charge in [0.05, 0.1) is 11.4 Å². The molecule has 0 radical (unpaired) electrons. The van der Waals surface area contributed by atoms with Crippen molar-refractivity contribution in [1.82, 2.24) is 0 Å². The van der Waals surface area contributed by atoms with E-state index >= 15 is 0 Å². The topological polar surface area (TPSA) is 16.4 Å². The highest BCUT2D eigenvalue weighted by atomic mass is 32.1. The zero-order chi connectivity index (χ0) is 37.7. The van der Waals surface area contributed by atoms with Crippen LogP contribution in [0.3, 0.4) is 0 Å². The molecule has 0 N–H and O–H groups in total. The molecule has 2 aromatic heterocycles. The second-order valence-electron chi connectivity index (χ2n) is 14.4. The molecular formula is C54H35NOS. The summed E-state index contributed by atoms with van der Waals surface area (Å²) < 4.78 is 9.10. The Labute approximate surface area is 335 Å². The number of benzene rings is 9. The number of nitrogens with zero attached hydrogens (tertiary/aromatic N) is 1. The molecule has 0 saturated heterocycles. The van der Waals surface area contributed by atoms with Crippen molar-refractivity contribution in [1.29, 1.82) is 0 Å². The van der Waals surface area contributed by atoms with E-state index in [2.05, 4.69) is 211 Å². The lowest BCUT2D eigenvalue weighted by Crippen LogP contribution is -2.12. The van der Waals surface area contributed by atoms with E-state index in [0.29, 0.717) is 0 Å². The molecule has 268 valence electrons. The SMILES string of the molecule is c1ccc(-c2ccccc2-c2ccccc2-c2ccccc2N(c2cccc(-c3cccc4c3oc3ccccc34)c2)c2cccc3sc4ccccc4c23)cc1. The van der Waals surface area contributed by atoms with E-state index in [4.69, 9.17) is 4.42 Å². The summed E-state index contributed by atoms with van der Waals surface area (Å²) in [5.74, 6) is 0. The number of hydrogen-bond donors (Lipinski definition) is 0. The van der Waals surface area contributed by atoms with Gasteiger partial charge in [0.2, 0.25) is 0 Å². The molecule has 0 unspecified atom stereocenters. The Hall–Kier alpha value is -7.20. The summed E-state index contributed by atoms with van der Waals surface area (Å²) in [6.45, 7) is 0. The van der Waals surface area contributed by atoms with E-state index in [1.54, 1.807) is 0 Å². The van der Waals surface area contributed by atoms with Gasteiger partial charge >= 0.3 is 0 Å². The first-order valence-corrected chi connectivity index (χ1v) is 20.2. The van der Waals surface area contributed by atoms with Crippen molar-refractivity contribution in [2.75, 3.05) is 4.90 Å². The largest absolute Gasteiger partial charge is 0.455 e. The third kappa shape index (κ3) is 5.63. The van der Waals surface area contributed by atoms with Crippen LogP contribution in [0.5, 0.6) is 0 Å². The van der Waals surface area contributed by atoms with Crippen LogP contribution in [0.15, 0.2) is 217 Å². The Morgan fingerprint density at radius 2 is 0.895 bits per heavy atom. The van der Waals surface area contributed by atoms with Gasteiger partial charge in [0.1, 0.15) is 11.2 Å². The Morgan fingerprint density at radius 3 is 1.74 bits per heavy atom. The number of hydrogen-bond acceptors (Lipinski definition) is 3. The Kier molecular flexibility index (Phi) is 8.04. The van der Waals surface area contributed by atoms with Crippen LogP contribution in [0.2, 0.25) is 0 Å². The van der Waals surface area contributed by atoms with Crippen LogP contribution in [0, 0.1) is 0 Å².